The topological polar surface area (TPSA) is 546 Å². The van der Waals surface area contributed by atoms with Gasteiger partial charge in [-0.05, 0) is 124 Å². The van der Waals surface area contributed by atoms with E-state index in [9.17, 15) is 72.2 Å². The summed E-state index contributed by atoms with van der Waals surface area (Å²) < 4.78 is 0. The van der Waals surface area contributed by atoms with Crippen molar-refractivity contribution in [2.75, 3.05) is 39.3 Å². The van der Waals surface area contributed by atoms with Crippen molar-refractivity contribution >= 4 is 116 Å². The predicted molar refractivity (Wildman–Crippen MR) is 474 cm³/mol. The second-order valence-corrected chi connectivity index (χ2v) is 33.7. The van der Waals surface area contributed by atoms with E-state index in [0.29, 0.717) is 38.0 Å². The van der Waals surface area contributed by atoms with Crippen molar-refractivity contribution in [3.8, 4) is 0 Å². The maximum atomic E-state index is 14.7. The minimum atomic E-state index is -1.23. The van der Waals surface area contributed by atoms with Crippen LogP contribution >= 0.6 is 0 Å². The van der Waals surface area contributed by atoms with Crippen molar-refractivity contribution in [1.82, 2.24) is 72.9 Å². The first-order valence-electron chi connectivity index (χ1n) is 44.1. The second kappa shape index (κ2) is 47.5. The van der Waals surface area contributed by atoms with Gasteiger partial charge in [-0.25, -0.2) is 0 Å². The van der Waals surface area contributed by atoms with Crippen molar-refractivity contribution in [3.05, 3.63) is 144 Å². The molecule has 0 bridgehead atoms. The van der Waals surface area contributed by atoms with Gasteiger partial charge in [0.05, 0.1) is 18.2 Å². The van der Waals surface area contributed by atoms with E-state index >= 15 is 0 Å². The number of aliphatic hydroxyl groups excluding tert-OH is 1. The molecule has 35 nitrogen and oxygen atoms in total. The highest BCUT2D eigenvalue weighted by Crippen LogP contribution is 2.31. The number of aliphatic hydroxyl groups is 1. The molecule has 4 aliphatic heterocycles. The Hall–Kier alpha value is -12.6. The zero-order valence-corrected chi connectivity index (χ0v) is 72.1. The monoisotopic (exact) mass is 1740 g/mol. The van der Waals surface area contributed by atoms with Crippen LogP contribution < -0.4 is 76.1 Å². The molecule has 12 amide bonds. The first kappa shape index (κ1) is 95.7. The molecule has 35 heteroatoms. The largest absolute Gasteiger partial charge is 0.391 e. The van der Waals surface area contributed by atoms with E-state index in [2.05, 4.69) is 73.1 Å². The summed E-state index contributed by atoms with van der Waals surface area (Å²) >= 11 is 0. The molecule has 126 heavy (non-hydrogen) atoms. The molecular weight excluding hydrogens is 1610 g/mol. The number of carbonyl (C=O) groups is 14. The first-order chi connectivity index (χ1) is 60.5. The lowest BCUT2D eigenvalue weighted by atomic mass is 9.85. The molecule has 4 saturated heterocycles. The van der Waals surface area contributed by atoms with Gasteiger partial charge in [-0.15, -0.1) is 0 Å². The van der Waals surface area contributed by atoms with Crippen LogP contribution in [0.5, 0.6) is 0 Å². The number of hydrogen-bond acceptors (Lipinski definition) is 17. The Kier molecular flexibility index (Phi) is 36.1. The van der Waals surface area contributed by atoms with Crippen LogP contribution in [0.2, 0.25) is 0 Å². The summed E-state index contributed by atoms with van der Waals surface area (Å²) in [4.78, 5) is 212. The Bertz CT molecular complexity index is 4830. The van der Waals surface area contributed by atoms with E-state index < -0.39 is 149 Å². The van der Waals surface area contributed by atoms with Crippen molar-refractivity contribution in [2.24, 2.45) is 50.7 Å². The Balaban J connectivity index is 0.000000265. The molecule has 0 radical (unpaired) electrons. The third kappa shape index (κ3) is 28.5. The highest BCUT2D eigenvalue weighted by atomic mass is 16.3. The molecule has 13 atom stereocenters. The number of carbonyl (C=O) groups excluding carboxylic acids is 14. The molecule has 2 aromatic heterocycles. The van der Waals surface area contributed by atoms with Crippen molar-refractivity contribution in [2.45, 2.75) is 241 Å². The van der Waals surface area contributed by atoms with E-state index in [1.807, 2.05) is 109 Å². The second-order valence-electron chi connectivity index (χ2n) is 33.7. The van der Waals surface area contributed by atoms with E-state index in [1.54, 1.807) is 12.4 Å². The molecule has 21 N–H and O–H groups in total. The molecule has 6 aromatic rings. The molecule has 1 saturated carbocycles. The summed E-state index contributed by atoms with van der Waals surface area (Å²) in [5.74, 6) is -8.70. The zero-order chi connectivity index (χ0) is 90.3. The van der Waals surface area contributed by atoms with Crippen LogP contribution in [0.1, 0.15) is 171 Å². The Morgan fingerprint density at radius 3 is 1.42 bits per heavy atom. The average Bonchev–Trinajstić information content (AvgIpc) is 1.67. The maximum Gasteiger partial charge on any atom is 0.245 e. The highest BCUT2D eigenvalue weighted by Gasteiger charge is 2.45. The Labute approximate surface area is 733 Å². The van der Waals surface area contributed by atoms with E-state index in [0.717, 1.165) is 76.2 Å². The molecule has 0 unspecified atom stereocenters. The molecule has 1 aliphatic carbocycles. The fraction of sp³-hybridized carbons (Fsp3) is 0.516. The van der Waals surface area contributed by atoms with Crippen LogP contribution in [0.3, 0.4) is 0 Å². The third-order valence-electron chi connectivity index (χ3n) is 24.1. The molecule has 6 heterocycles. The number of nitrogens with one attached hydrogen (secondary N) is 12. The SMILES string of the molecule is CC(=O)N[C@@H](Cc1ccccc1)C(=O)N[C@H]1CCCNC(=O)[C@H](CCCN=C(N)N)CC(=O)[C@H](Cc2c[nH]c3ccccc23)NC(=O)[C@@H](C)NC(=O)[C@@H]2CCCN2C1=O.CC(=O)N[C@@H](Cc1ccccc1)C(=O)N[C@H]1CCCNC(=O)[C@H](CCCN=C(N)N)CC(=O)[C@H](Cc2c[nH]c3ccccc23)NC(=O)[C@@H](CCC2CCCCC2)NC(=O)[C@@H]2C[C@@H](O)CN2C1=O. The van der Waals surface area contributed by atoms with Gasteiger partial charge in [-0.3, -0.25) is 77.1 Å². The van der Waals surface area contributed by atoms with Crippen LogP contribution in [0.4, 0.5) is 0 Å². The number of aliphatic imine (C=N–C) groups is 2. The number of aromatic nitrogens is 2. The fourth-order valence-electron chi connectivity index (χ4n) is 17.4. The van der Waals surface area contributed by atoms with Gasteiger partial charge in [0, 0.05) is 144 Å². The number of Topliss-reactive ketones (excluding diaryl/α,β-unsaturated/α-hetero) is 2. The summed E-state index contributed by atoms with van der Waals surface area (Å²) in [7, 11) is 0. The number of amides is 12. The van der Waals surface area contributed by atoms with Gasteiger partial charge in [-0.2, -0.15) is 0 Å². The number of aromatic amines is 2. The van der Waals surface area contributed by atoms with E-state index in [1.165, 1.54) is 30.6 Å². The standard InChI is InChI=1S/C49H68N10O8.C42H56N10O7/c1-30(60)55-41(24-32-14-6-3-7-15-32)46(65)57-39-19-11-22-52-44(63)33(16-10-23-53-49(50)51)26-43(62)40(25-34-28-54-37-18-9-8-17-36(34)37)58-45(64)38(21-20-31-12-4-2-5-13-31)56-47(66)42-27-35(61)29-59(42)48(39)67;1-25-37(55)51-33(22-29-24-47-31-15-7-6-14-30(29)31)36(54)23-28(13-8-19-46-42(43)44)38(56)45-18-9-16-32(41(59)52-20-10-17-35(52)40(58)48-25)50-39(57)34(49-26(2)53)21-27-11-4-3-5-12-27/h3,6-9,14-15,17-18,28,31,33,35,38-42,54,61H,2,4-5,10-13,16,19-27,29H2,1H3,(H,52,63)(H,55,60)(H,56,66)(H,57,65)(H,58,64)(H4,50,51,53);3-7,11-12,14-15,24-25,28,32-35,47H,8-10,13,16-23H2,1-2H3,(H,45,56)(H,48,58)(H,49,53)(H,50,57)(H,51,55)(H4,43,44,46)/t33-,35-,38-,39+,40+,41+,42+;25-,28-,32+,33+,34+,35+/m11/s1. The molecular formula is C91H124N20O15. The molecule has 5 aliphatic rings. The number of nitrogens with two attached hydrogens (primary N) is 4. The molecule has 11 rings (SSSR count). The van der Waals surface area contributed by atoms with Crippen LogP contribution in [0.25, 0.3) is 21.8 Å². The van der Waals surface area contributed by atoms with Crippen molar-refractivity contribution in [3.63, 3.8) is 0 Å². The quantitative estimate of drug-likeness (QED) is 0.0222. The lowest BCUT2D eigenvalue weighted by molar-refractivity contribution is -0.143. The summed E-state index contributed by atoms with van der Waals surface area (Å²) in [5, 5.41) is 41.1. The molecule has 678 valence electrons. The summed E-state index contributed by atoms with van der Waals surface area (Å²) in [5.41, 5.74) is 27.0. The first-order valence-corrected chi connectivity index (χ1v) is 44.1. The lowest BCUT2D eigenvalue weighted by Crippen LogP contribution is -2.59. The summed E-state index contributed by atoms with van der Waals surface area (Å²) in [6, 6.07) is 22.6. The fourth-order valence-corrected chi connectivity index (χ4v) is 17.4. The number of ketones is 2. The van der Waals surface area contributed by atoms with E-state index in [-0.39, 0.29) is 153 Å². The van der Waals surface area contributed by atoms with Crippen LogP contribution in [0, 0.1) is 17.8 Å². The number of H-pyrrole nitrogens is 2. The summed E-state index contributed by atoms with van der Waals surface area (Å²) in [6.07, 6.45) is 11.3. The maximum absolute atomic E-state index is 14.7. The number of rotatable bonds is 25. The van der Waals surface area contributed by atoms with Crippen LogP contribution in [-0.4, -0.2) is 225 Å². The number of fused-ring (bicyclic) bond motifs is 4. The zero-order valence-electron chi connectivity index (χ0n) is 72.1. The van der Waals surface area contributed by atoms with Gasteiger partial charge < -0.3 is 101 Å². The number of para-hydroxylation sites is 2. The Morgan fingerprint density at radius 2 is 0.937 bits per heavy atom. The lowest BCUT2D eigenvalue weighted by Gasteiger charge is -2.31. The number of nitrogens with zero attached hydrogens (tertiary/aromatic N) is 4. The number of benzene rings is 4. The predicted octanol–water partition coefficient (Wildman–Crippen LogP) is 2.24. The number of guanidine groups is 2. The minimum absolute atomic E-state index is 0.0110. The molecule has 0 spiro atoms. The van der Waals surface area contributed by atoms with Gasteiger partial charge in [0.1, 0.15) is 48.3 Å². The van der Waals surface area contributed by atoms with Crippen LogP contribution in [0.15, 0.2) is 132 Å². The van der Waals surface area contributed by atoms with Crippen molar-refractivity contribution < 1.29 is 72.2 Å². The number of hydrogen-bond donors (Lipinski definition) is 17. The minimum Gasteiger partial charge on any atom is -0.391 e. The van der Waals surface area contributed by atoms with Crippen molar-refractivity contribution in [1.29, 1.82) is 0 Å². The smallest absolute Gasteiger partial charge is 0.245 e. The van der Waals surface area contributed by atoms with Gasteiger partial charge >= 0.3 is 0 Å². The van der Waals surface area contributed by atoms with Crippen LogP contribution in [-0.2, 0) is 92.8 Å². The van der Waals surface area contributed by atoms with Gasteiger partial charge in [0.15, 0.2) is 23.5 Å². The molecule has 5 fully saturated rings. The Morgan fingerprint density at radius 1 is 0.484 bits per heavy atom. The average molecular weight is 1740 g/mol. The van der Waals surface area contributed by atoms with Gasteiger partial charge in [0.2, 0.25) is 70.9 Å². The normalized spacial score (nSPS) is 23.6. The van der Waals surface area contributed by atoms with Gasteiger partial charge in [-0.1, -0.05) is 129 Å². The van der Waals surface area contributed by atoms with E-state index in [4.69, 9.17) is 22.9 Å². The third-order valence-corrected chi connectivity index (χ3v) is 24.1. The summed E-state index contributed by atoms with van der Waals surface area (Å²) in [6.45, 7) is 4.74. The van der Waals surface area contributed by atoms with Gasteiger partial charge in [0.25, 0.3) is 0 Å². The molecule has 4 aromatic carbocycles. The highest BCUT2D eigenvalue weighted by molar-refractivity contribution is 6.01.